The molecule has 12 aromatic rings. The van der Waals surface area contributed by atoms with Gasteiger partial charge in [-0.2, -0.15) is 0 Å². The number of para-hydroxylation sites is 2. The number of fused-ring (bicyclic) bond motifs is 15. The summed E-state index contributed by atoms with van der Waals surface area (Å²) in [5.74, 6) is 0. The Labute approximate surface area is 389 Å². The summed E-state index contributed by atoms with van der Waals surface area (Å²) in [6, 6.07) is 91.2. The summed E-state index contributed by atoms with van der Waals surface area (Å²) in [5, 5.41) is 4.52. The van der Waals surface area contributed by atoms with Gasteiger partial charge in [0.05, 0.1) is 11.1 Å². The maximum Gasteiger partial charge on any atom is 0.143 e. The van der Waals surface area contributed by atoms with Gasteiger partial charge in [-0.25, -0.2) is 0 Å². The van der Waals surface area contributed by atoms with Gasteiger partial charge in [0.15, 0.2) is 0 Å². The predicted molar refractivity (Wildman–Crippen MR) is 279 cm³/mol. The lowest BCUT2D eigenvalue weighted by molar-refractivity contribution is 0.674. The van der Waals surface area contributed by atoms with Crippen molar-refractivity contribution < 1.29 is 4.42 Å². The minimum Gasteiger partial charge on any atom is -0.455 e. The Morgan fingerprint density at radius 2 is 0.791 bits per heavy atom. The van der Waals surface area contributed by atoms with Crippen molar-refractivity contribution in [1.82, 2.24) is 0 Å². The molecule has 2 nitrogen and oxygen atoms in total. The summed E-state index contributed by atoms with van der Waals surface area (Å²) in [7, 11) is 0. The Hall–Kier alpha value is -8.72. The van der Waals surface area contributed by atoms with Gasteiger partial charge in [0.2, 0.25) is 0 Å². The maximum atomic E-state index is 7.01. The Morgan fingerprint density at radius 1 is 0.284 bits per heavy atom. The van der Waals surface area contributed by atoms with Gasteiger partial charge in [-0.1, -0.05) is 206 Å². The van der Waals surface area contributed by atoms with Crippen molar-refractivity contribution >= 4 is 49.8 Å². The number of rotatable bonds is 6. The van der Waals surface area contributed by atoms with E-state index in [4.69, 9.17) is 4.42 Å². The number of hydrogen-bond donors (Lipinski definition) is 0. The van der Waals surface area contributed by atoms with Gasteiger partial charge >= 0.3 is 0 Å². The first-order valence-corrected chi connectivity index (χ1v) is 23.2. The van der Waals surface area contributed by atoms with E-state index in [1.165, 1.54) is 66.6 Å². The fraction of sp³-hybridized carbons (Fsp3) is 0.0154. The highest BCUT2D eigenvalue weighted by Crippen LogP contribution is 2.63. The van der Waals surface area contributed by atoms with Crippen LogP contribution in [0.15, 0.2) is 253 Å². The molecule has 0 atom stereocenters. The van der Waals surface area contributed by atoms with Gasteiger partial charge in [0.1, 0.15) is 11.2 Å². The summed E-state index contributed by atoms with van der Waals surface area (Å²) in [6.45, 7) is 0. The van der Waals surface area contributed by atoms with Crippen molar-refractivity contribution in [3.8, 4) is 55.6 Å². The van der Waals surface area contributed by atoms with Crippen LogP contribution in [0.25, 0.3) is 88.3 Å². The van der Waals surface area contributed by atoms with Crippen LogP contribution in [0.5, 0.6) is 0 Å². The second-order valence-electron chi connectivity index (χ2n) is 17.9. The lowest BCUT2D eigenvalue weighted by atomic mass is 9.70. The quantitative estimate of drug-likeness (QED) is 0.166. The third-order valence-electron chi connectivity index (χ3n) is 14.5. The number of hydrogen-bond acceptors (Lipinski definition) is 2. The van der Waals surface area contributed by atoms with Crippen molar-refractivity contribution in [2.45, 2.75) is 5.41 Å². The zero-order valence-corrected chi connectivity index (χ0v) is 36.5. The second kappa shape index (κ2) is 14.7. The molecule has 14 rings (SSSR count). The molecule has 0 radical (unpaired) electrons. The van der Waals surface area contributed by atoms with Gasteiger partial charge < -0.3 is 9.32 Å². The van der Waals surface area contributed by atoms with Crippen LogP contribution in [0.4, 0.5) is 17.1 Å². The fourth-order valence-electron chi connectivity index (χ4n) is 11.6. The Kier molecular flexibility index (Phi) is 8.23. The Balaban J connectivity index is 0.996. The van der Waals surface area contributed by atoms with Crippen molar-refractivity contribution in [2.75, 3.05) is 4.90 Å². The molecule has 0 saturated heterocycles. The molecule has 0 bridgehead atoms. The van der Waals surface area contributed by atoms with Gasteiger partial charge in [-0.05, 0) is 115 Å². The molecule has 0 unspecified atom stereocenters. The van der Waals surface area contributed by atoms with E-state index in [9.17, 15) is 0 Å². The van der Waals surface area contributed by atoms with E-state index in [0.29, 0.717) is 0 Å². The van der Waals surface area contributed by atoms with Crippen molar-refractivity contribution in [2.24, 2.45) is 0 Å². The van der Waals surface area contributed by atoms with Crippen LogP contribution in [0, 0.1) is 0 Å². The van der Waals surface area contributed by atoms with E-state index in [2.05, 4.69) is 254 Å². The normalized spacial score (nSPS) is 12.9. The monoisotopic (exact) mass is 851 g/mol. The van der Waals surface area contributed by atoms with Crippen LogP contribution >= 0.6 is 0 Å². The summed E-state index contributed by atoms with van der Waals surface area (Å²) in [5.41, 5.74) is 21.9. The molecule has 312 valence electrons. The summed E-state index contributed by atoms with van der Waals surface area (Å²) in [4.78, 5) is 2.46. The van der Waals surface area contributed by atoms with Crippen molar-refractivity contribution in [3.05, 3.63) is 271 Å². The zero-order valence-electron chi connectivity index (χ0n) is 36.5. The molecule has 11 aromatic carbocycles. The molecule has 0 N–H and O–H groups in total. The average molecular weight is 852 g/mol. The van der Waals surface area contributed by atoms with E-state index < -0.39 is 5.41 Å². The smallest absolute Gasteiger partial charge is 0.143 e. The van der Waals surface area contributed by atoms with Gasteiger partial charge in [-0.15, -0.1) is 0 Å². The summed E-state index contributed by atoms with van der Waals surface area (Å²) in [6.07, 6.45) is 0. The first-order chi connectivity index (χ1) is 33.2. The first kappa shape index (κ1) is 37.6. The highest BCUT2D eigenvalue weighted by atomic mass is 16.3. The maximum absolute atomic E-state index is 7.01. The van der Waals surface area contributed by atoms with E-state index in [1.54, 1.807) is 0 Å². The van der Waals surface area contributed by atoms with Crippen molar-refractivity contribution in [3.63, 3.8) is 0 Å². The minimum atomic E-state index is -0.476. The predicted octanol–water partition coefficient (Wildman–Crippen LogP) is 17.6. The highest BCUT2D eigenvalue weighted by Gasteiger charge is 2.51. The number of nitrogens with zero attached hydrogens (tertiary/aromatic N) is 1. The Morgan fingerprint density at radius 3 is 1.51 bits per heavy atom. The highest BCUT2D eigenvalue weighted by molar-refractivity contribution is 6.17. The molecule has 2 aliphatic rings. The number of anilines is 3. The molecule has 0 amide bonds. The molecule has 1 heterocycles. The molecular formula is C65H41NO. The van der Waals surface area contributed by atoms with Crippen LogP contribution in [0.1, 0.15) is 22.3 Å². The molecular weight excluding hydrogens is 811 g/mol. The minimum absolute atomic E-state index is 0.476. The molecule has 2 aliphatic carbocycles. The SMILES string of the molecule is c1ccc(-c2cccc(-c3ccc(N(c4ccc5c(c4)C4(c6ccccc6-c6ccccc64)c4ccccc4-5)c4ccccc4-c4cccc5c4oc4c6ccccc6ccc54)cc3)c2)cc1. The second-order valence-corrected chi connectivity index (χ2v) is 17.9. The molecule has 0 saturated carbocycles. The summed E-state index contributed by atoms with van der Waals surface area (Å²) < 4.78 is 7.01. The van der Waals surface area contributed by atoms with E-state index in [1.807, 2.05) is 0 Å². The lowest BCUT2D eigenvalue weighted by Crippen LogP contribution is -2.26. The summed E-state index contributed by atoms with van der Waals surface area (Å²) >= 11 is 0. The molecule has 67 heavy (non-hydrogen) atoms. The topological polar surface area (TPSA) is 16.4 Å². The average Bonchev–Trinajstić information content (AvgIpc) is 4.04. The number of furan rings is 1. The molecule has 0 aliphatic heterocycles. The van der Waals surface area contributed by atoms with Crippen molar-refractivity contribution in [1.29, 1.82) is 0 Å². The van der Waals surface area contributed by atoms with Crippen LogP contribution < -0.4 is 4.90 Å². The molecule has 0 fully saturated rings. The first-order valence-electron chi connectivity index (χ1n) is 23.2. The largest absolute Gasteiger partial charge is 0.455 e. The molecule has 1 aromatic heterocycles. The van der Waals surface area contributed by atoms with Gasteiger partial charge in [-0.3, -0.25) is 0 Å². The fourth-order valence-corrected chi connectivity index (χ4v) is 11.6. The molecule has 1 spiro atoms. The van der Waals surface area contributed by atoms with Crippen LogP contribution in [-0.4, -0.2) is 0 Å². The van der Waals surface area contributed by atoms with Gasteiger partial charge in [0, 0.05) is 38.7 Å². The third-order valence-corrected chi connectivity index (χ3v) is 14.5. The zero-order chi connectivity index (χ0) is 44.1. The van der Waals surface area contributed by atoms with E-state index in [0.717, 1.165) is 61.1 Å². The lowest BCUT2D eigenvalue weighted by Gasteiger charge is -2.32. The van der Waals surface area contributed by atoms with Crippen LogP contribution in [-0.2, 0) is 5.41 Å². The van der Waals surface area contributed by atoms with Crippen LogP contribution in [0.2, 0.25) is 0 Å². The Bertz CT molecular complexity index is 3870. The molecule has 2 heteroatoms. The third kappa shape index (κ3) is 5.51. The van der Waals surface area contributed by atoms with E-state index in [-0.39, 0.29) is 0 Å². The van der Waals surface area contributed by atoms with E-state index >= 15 is 0 Å². The van der Waals surface area contributed by atoms with Gasteiger partial charge in [0.25, 0.3) is 0 Å². The number of benzene rings is 11. The standard InChI is InChI=1S/C65H41NO/c1-2-16-42(17-3-1)45-19-14-20-46(40-45)43-32-35-47(36-33-43)66(62-31-13-9-25-54(62)55-26-15-27-56-57-38-34-44-18-4-5-21-49(44)63(57)67-64(55)56)48-37-39-53-52-24-8-12-30-60(52)65(61(53)41-48)58-28-10-6-22-50(58)51-23-7-11-29-59(51)65/h1-41H. The van der Waals surface area contributed by atoms with Crippen LogP contribution in [0.3, 0.4) is 0 Å².